The Morgan fingerprint density at radius 2 is 2.12 bits per heavy atom. The van der Waals surface area contributed by atoms with Crippen molar-refractivity contribution in [2.24, 2.45) is 0 Å². The minimum atomic E-state index is 0.807. The zero-order chi connectivity index (χ0) is 12.7. The standard InChI is InChI=1S/C15H22ClN/c1-4-8-17-11-13(5-2)10-14-6-7-15(16)9-12(14)3/h6-7,9-10,17H,4-5,8,11H2,1-3H3/b13-10+. The van der Waals surface area contributed by atoms with E-state index >= 15 is 0 Å². The van der Waals surface area contributed by atoms with Crippen LogP contribution in [0.2, 0.25) is 5.02 Å². The third-order valence-electron chi connectivity index (χ3n) is 2.82. The molecule has 0 radical (unpaired) electrons. The quantitative estimate of drug-likeness (QED) is 0.737. The van der Waals surface area contributed by atoms with E-state index in [0.29, 0.717) is 0 Å². The normalized spacial score (nSPS) is 11.9. The van der Waals surface area contributed by atoms with E-state index in [9.17, 15) is 0 Å². The van der Waals surface area contributed by atoms with Gasteiger partial charge in [-0.15, -0.1) is 0 Å². The van der Waals surface area contributed by atoms with Gasteiger partial charge in [0, 0.05) is 11.6 Å². The van der Waals surface area contributed by atoms with Gasteiger partial charge in [0.2, 0.25) is 0 Å². The Morgan fingerprint density at radius 1 is 1.35 bits per heavy atom. The molecule has 0 aromatic heterocycles. The molecule has 0 amide bonds. The predicted octanol–water partition coefficient (Wildman–Crippen LogP) is 4.44. The lowest BCUT2D eigenvalue weighted by Crippen LogP contribution is -2.17. The van der Waals surface area contributed by atoms with Crippen molar-refractivity contribution in [1.29, 1.82) is 0 Å². The van der Waals surface area contributed by atoms with Gasteiger partial charge in [-0.1, -0.05) is 43.2 Å². The first kappa shape index (κ1) is 14.3. The van der Waals surface area contributed by atoms with E-state index in [4.69, 9.17) is 11.6 Å². The van der Waals surface area contributed by atoms with Gasteiger partial charge in [0.05, 0.1) is 0 Å². The van der Waals surface area contributed by atoms with E-state index in [-0.39, 0.29) is 0 Å². The van der Waals surface area contributed by atoms with Gasteiger partial charge in [0.15, 0.2) is 0 Å². The highest BCUT2D eigenvalue weighted by Crippen LogP contribution is 2.18. The molecule has 0 saturated heterocycles. The summed E-state index contributed by atoms with van der Waals surface area (Å²) >= 11 is 5.96. The average molecular weight is 252 g/mol. The van der Waals surface area contributed by atoms with Gasteiger partial charge in [-0.3, -0.25) is 0 Å². The fourth-order valence-electron chi connectivity index (χ4n) is 1.72. The molecule has 94 valence electrons. The van der Waals surface area contributed by atoms with Crippen LogP contribution >= 0.6 is 11.6 Å². The maximum atomic E-state index is 5.96. The molecule has 1 rings (SSSR count). The van der Waals surface area contributed by atoms with Crippen molar-refractivity contribution < 1.29 is 0 Å². The van der Waals surface area contributed by atoms with E-state index in [1.807, 2.05) is 12.1 Å². The summed E-state index contributed by atoms with van der Waals surface area (Å²) in [5.74, 6) is 0. The number of hydrogen-bond donors (Lipinski definition) is 1. The lowest BCUT2D eigenvalue weighted by atomic mass is 10.0. The molecule has 1 N–H and O–H groups in total. The molecule has 0 saturated carbocycles. The highest BCUT2D eigenvalue weighted by atomic mass is 35.5. The first-order valence-electron chi connectivity index (χ1n) is 6.33. The highest BCUT2D eigenvalue weighted by molar-refractivity contribution is 6.30. The number of benzene rings is 1. The number of aryl methyl sites for hydroxylation is 1. The molecule has 0 aliphatic rings. The molecular weight excluding hydrogens is 230 g/mol. The molecule has 0 aliphatic carbocycles. The summed E-state index contributed by atoms with van der Waals surface area (Å²) in [6.45, 7) is 8.55. The first-order chi connectivity index (χ1) is 8.17. The molecule has 0 atom stereocenters. The predicted molar refractivity (Wildman–Crippen MR) is 77.6 cm³/mol. The summed E-state index contributed by atoms with van der Waals surface area (Å²) in [6, 6.07) is 6.06. The summed E-state index contributed by atoms with van der Waals surface area (Å²) in [7, 11) is 0. The monoisotopic (exact) mass is 251 g/mol. The number of nitrogens with one attached hydrogen (secondary N) is 1. The summed E-state index contributed by atoms with van der Waals surface area (Å²) in [6.07, 6.45) is 4.53. The molecule has 0 unspecified atom stereocenters. The van der Waals surface area contributed by atoms with Crippen molar-refractivity contribution in [2.45, 2.75) is 33.6 Å². The zero-order valence-electron chi connectivity index (χ0n) is 11.0. The Balaban J connectivity index is 2.75. The lowest BCUT2D eigenvalue weighted by Gasteiger charge is -2.08. The third-order valence-corrected chi connectivity index (χ3v) is 3.06. The van der Waals surface area contributed by atoms with Crippen molar-refractivity contribution in [3.63, 3.8) is 0 Å². The maximum Gasteiger partial charge on any atom is 0.0409 e. The van der Waals surface area contributed by atoms with Crippen LogP contribution in [0.4, 0.5) is 0 Å². The van der Waals surface area contributed by atoms with Crippen LogP contribution in [0.5, 0.6) is 0 Å². The van der Waals surface area contributed by atoms with Gasteiger partial charge in [-0.2, -0.15) is 0 Å². The molecule has 17 heavy (non-hydrogen) atoms. The van der Waals surface area contributed by atoms with E-state index < -0.39 is 0 Å². The molecule has 2 heteroatoms. The largest absolute Gasteiger partial charge is 0.313 e. The van der Waals surface area contributed by atoms with Crippen molar-refractivity contribution >= 4 is 17.7 Å². The number of hydrogen-bond acceptors (Lipinski definition) is 1. The van der Waals surface area contributed by atoms with Crippen LogP contribution < -0.4 is 5.32 Å². The first-order valence-corrected chi connectivity index (χ1v) is 6.71. The molecule has 1 aromatic carbocycles. The fraction of sp³-hybridized carbons (Fsp3) is 0.467. The second-order valence-electron chi connectivity index (χ2n) is 4.33. The van der Waals surface area contributed by atoms with E-state index in [0.717, 1.165) is 24.5 Å². The Kier molecular flexibility index (Phi) is 6.31. The molecule has 0 bridgehead atoms. The van der Waals surface area contributed by atoms with Gasteiger partial charge < -0.3 is 5.32 Å². The molecule has 0 fully saturated rings. The molecule has 0 heterocycles. The average Bonchev–Trinajstić information content (AvgIpc) is 2.31. The van der Waals surface area contributed by atoms with Crippen molar-refractivity contribution in [3.05, 3.63) is 39.9 Å². The summed E-state index contributed by atoms with van der Waals surface area (Å²) < 4.78 is 0. The highest BCUT2D eigenvalue weighted by Gasteiger charge is 1.99. The maximum absolute atomic E-state index is 5.96. The van der Waals surface area contributed by atoms with Gasteiger partial charge in [0.25, 0.3) is 0 Å². The Morgan fingerprint density at radius 3 is 2.71 bits per heavy atom. The molecule has 0 spiro atoms. The van der Waals surface area contributed by atoms with Crippen molar-refractivity contribution in [3.8, 4) is 0 Å². The van der Waals surface area contributed by atoms with Crippen LogP contribution in [0.3, 0.4) is 0 Å². The minimum Gasteiger partial charge on any atom is -0.313 e. The molecule has 1 nitrogen and oxygen atoms in total. The summed E-state index contributed by atoms with van der Waals surface area (Å²) in [5, 5.41) is 4.25. The Labute approximate surface area is 110 Å². The molecule has 1 aromatic rings. The zero-order valence-corrected chi connectivity index (χ0v) is 11.8. The Hall–Kier alpha value is -0.790. The Bertz CT molecular complexity index is 383. The van der Waals surface area contributed by atoms with Crippen LogP contribution in [0, 0.1) is 6.92 Å². The van der Waals surface area contributed by atoms with Gasteiger partial charge in [-0.25, -0.2) is 0 Å². The molecular formula is C15H22ClN. The second kappa shape index (κ2) is 7.52. The van der Waals surface area contributed by atoms with E-state index in [2.05, 4.69) is 38.2 Å². The van der Waals surface area contributed by atoms with Crippen LogP contribution in [0.25, 0.3) is 6.08 Å². The van der Waals surface area contributed by atoms with Crippen molar-refractivity contribution in [1.82, 2.24) is 5.32 Å². The minimum absolute atomic E-state index is 0.807. The summed E-state index contributed by atoms with van der Waals surface area (Å²) in [5.41, 5.74) is 3.94. The van der Waals surface area contributed by atoms with Gasteiger partial charge >= 0.3 is 0 Å². The fourth-order valence-corrected chi connectivity index (χ4v) is 1.95. The topological polar surface area (TPSA) is 12.0 Å². The lowest BCUT2D eigenvalue weighted by molar-refractivity contribution is 0.706. The number of rotatable bonds is 6. The van der Waals surface area contributed by atoms with E-state index in [1.165, 1.54) is 23.1 Å². The second-order valence-corrected chi connectivity index (χ2v) is 4.77. The number of halogens is 1. The van der Waals surface area contributed by atoms with Gasteiger partial charge in [0.1, 0.15) is 0 Å². The van der Waals surface area contributed by atoms with E-state index in [1.54, 1.807) is 0 Å². The third kappa shape index (κ3) is 4.93. The SMILES string of the molecule is CCCNC/C(=C/c1ccc(Cl)cc1C)CC. The van der Waals surface area contributed by atoms with Crippen molar-refractivity contribution in [2.75, 3.05) is 13.1 Å². The van der Waals surface area contributed by atoms with Gasteiger partial charge in [-0.05, 0) is 49.6 Å². The van der Waals surface area contributed by atoms with Crippen LogP contribution in [0.1, 0.15) is 37.8 Å². The van der Waals surface area contributed by atoms with Crippen LogP contribution in [-0.4, -0.2) is 13.1 Å². The van der Waals surface area contributed by atoms with Crippen LogP contribution in [-0.2, 0) is 0 Å². The smallest absolute Gasteiger partial charge is 0.0409 e. The van der Waals surface area contributed by atoms with Crippen LogP contribution in [0.15, 0.2) is 23.8 Å². The molecule has 0 aliphatic heterocycles. The summed E-state index contributed by atoms with van der Waals surface area (Å²) in [4.78, 5) is 0.